The Labute approximate surface area is 119 Å². The molecule has 0 bridgehead atoms. The molecule has 0 aliphatic carbocycles. The van der Waals surface area contributed by atoms with Crippen LogP contribution in [0.15, 0.2) is 45.3 Å². The molecule has 0 saturated carbocycles. The summed E-state index contributed by atoms with van der Waals surface area (Å²) in [6.07, 6.45) is 0. The third-order valence-electron chi connectivity index (χ3n) is 2.35. The van der Waals surface area contributed by atoms with Gasteiger partial charge in [0.25, 0.3) is 0 Å². The van der Waals surface area contributed by atoms with Crippen molar-refractivity contribution in [3.63, 3.8) is 0 Å². The first kappa shape index (κ1) is 13.4. The van der Waals surface area contributed by atoms with E-state index in [9.17, 15) is 13.6 Å². The van der Waals surface area contributed by atoms with Crippen LogP contribution >= 0.6 is 31.9 Å². The van der Waals surface area contributed by atoms with Crippen molar-refractivity contribution in [2.24, 2.45) is 0 Å². The highest BCUT2D eigenvalue weighted by molar-refractivity contribution is 9.11. The maximum absolute atomic E-state index is 13.5. The topological polar surface area (TPSA) is 17.1 Å². The molecule has 18 heavy (non-hydrogen) atoms. The fraction of sp³-hybridized carbons (Fsp3) is 0. The molecule has 0 aromatic heterocycles. The predicted octanol–water partition coefficient (Wildman–Crippen LogP) is 4.72. The Balaban J connectivity index is 2.51. The Hall–Kier alpha value is -1.07. The van der Waals surface area contributed by atoms with Gasteiger partial charge in [0.2, 0.25) is 0 Å². The normalized spacial score (nSPS) is 10.4. The number of hydrogen-bond donors (Lipinski definition) is 0. The second kappa shape index (κ2) is 5.28. The summed E-state index contributed by atoms with van der Waals surface area (Å²) in [4.78, 5) is 12.1. The van der Waals surface area contributed by atoms with Crippen LogP contribution in [-0.2, 0) is 0 Å². The van der Waals surface area contributed by atoms with E-state index in [4.69, 9.17) is 0 Å². The summed E-state index contributed by atoms with van der Waals surface area (Å²) in [6, 6.07) is 7.90. The summed E-state index contributed by atoms with van der Waals surface area (Å²) >= 11 is 6.47. The average molecular weight is 376 g/mol. The van der Waals surface area contributed by atoms with E-state index in [0.717, 1.165) is 12.1 Å². The minimum absolute atomic E-state index is 0.157. The molecule has 0 fully saturated rings. The van der Waals surface area contributed by atoms with Crippen molar-refractivity contribution >= 4 is 37.6 Å². The molecule has 92 valence electrons. The van der Waals surface area contributed by atoms with E-state index in [1.54, 1.807) is 18.2 Å². The molecule has 0 unspecified atom stereocenters. The maximum Gasteiger partial charge on any atom is 0.197 e. The van der Waals surface area contributed by atoms with E-state index in [1.165, 1.54) is 0 Å². The molecule has 5 heteroatoms. The molecule has 0 amide bonds. The first-order valence-corrected chi connectivity index (χ1v) is 6.52. The summed E-state index contributed by atoms with van der Waals surface area (Å²) in [5, 5.41) is 0. The van der Waals surface area contributed by atoms with Gasteiger partial charge in [-0.2, -0.15) is 0 Å². The SMILES string of the molecule is O=C(c1ccc(F)cc1F)c1cc(Br)ccc1Br. The van der Waals surface area contributed by atoms with E-state index in [2.05, 4.69) is 31.9 Å². The fourth-order valence-corrected chi connectivity index (χ4v) is 2.28. The lowest BCUT2D eigenvalue weighted by molar-refractivity contribution is 0.103. The minimum Gasteiger partial charge on any atom is -0.288 e. The van der Waals surface area contributed by atoms with Gasteiger partial charge in [-0.15, -0.1) is 0 Å². The smallest absolute Gasteiger partial charge is 0.197 e. The number of halogens is 4. The Morgan fingerprint density at radius 3 is 2.33 bits per heavy atom. The van der Waals surface area contributed by atoms with Gasteiger partial charge in [-0.1, -0.05) is 31.9 Å². The lowest BCUT2D eigenvalue weighted by atomic mass is 10.0. The fourth-order valence-electron chi connectivity index (χ4n) is 1.49. The van der Waals surface area contributed by atoms with Gasteiger partial charge in [0, 0.05) is 20.6 Å². The molecule has 0 radical (unpaired) electrons. The van der Waals surface area contributed by atoms with E-state index in [1.807, 2.05) is 0 Å². The highest BCUT2D eigenvalue weighted by atomic mass is 79.9. The lowest BCUT2D eigenvalue weighted by Gasteiger charge is -2.05. The minimum atomic E-state index is -0.869. The summed E-state index contributed by atoms with van der Waals surface area (Å²) in [7, 11) is 0. The standard InChI is InChI=1S/C13H6Br2F2O/c14-7-1-4-11(15)10(5-7)13(18)9-3-2-8(16)6-12(9)17/h1-6H. The maximum atomic E-state index is 13.5. The number of rotatable bonds is 2. The van der Waals surface area contributed by atoms with Crippen LogP contribution in [0.1, 0.15) is 15.9 Å². The summed E-state index contributed by atoms with van der Waals surface area (Å²) in [5.74, 6) is -2.08. The van der Waals surface area contributed by atoms with Crippen molar-refractivity contribution in [1.82, 2.24) is 0 Å². The first-order valence-electron chi connectivity index (χ1n) is 4.94. The summed E-state index contributed by atoms with van der Waals surface area (Å²) in [5.41, 5.74) is 0.157. The number of carbonyl (C=O) groups is 1. The summed E-state index contributed by atoms with van der Waals surface area (Å²) < 4.78 is 27.6. The van der Waals surface area contributed by atoms with E-state index in [-0.39, 0.29) is 5.56 Å². The highest BCUT2D eigenvalue weighted by Gasteiger charge is 2.17. The van der Waals surface area contributed by atoms with Gasteiger partial charge < -0.3 is 0 Å². The molecule has 1 nitrogen and oxygen atoms in total. The second-order valence-electron chi connectivity index (χ2n) is 3.58. The van der Waals surface area contributed by atoms with Crippen LogP contribution in [0.3, 0.4) is 0 Å². The Kier molecular flexibility index (Phi) is 3.92. The molecule has 0 aliphatic rings. The van der Waals surface area contributed by atoms with Crippen molar-refractivity contribution in [3.8, 4) is 0 Å². The molecule has 0 heterocycles. The zero-order valence-corrected chi connectivity index (χ0v) is 12.1. The van der Waals surface area contributed by atoms with Gasteiger partial charge in [0.15, 0.2) is 5.78 Å². The predicted molar refractivity (Wildman–Crippen MR) is 71.6 cm³/mol. The van der Waals surface area contributed by atoms with Gasteiger partial charge in [0.1, 0.15) is 11.6 Å². The van der Waals surface area contributed by atoms with Crippen molar-refractivity contribution in [1.29, 1.82) is 0 Å². The van der Waals surface area contributed by atoms with Gasteiger partial charge in [-0.3, -0.25) is 4.79 Å². The monoisotopic (exact) mass is 374 g/mol. The van der Waals surface area contributed by atoms with Crippen LogP contribution in [0.5, 0.6) is 0 Å². The summed E-state index contributed by atoms with van der Waals surface area (Å²) in [6.45, 7) is 0. The van der Waals surface area contributed by atoms with Crippen LogP contribution in [0.25, 0.3) is 0 Å². The van der Waals surface area contributed by atoms with Crippen molar-refractivity contribution < 1.29 is 13.6 Å². The third-order valence-corrected chi connectivity index (χ3v) is 3.53. The van der Waals surface area contributed by atoms with Crippen LogP contribution in [-0.4, -0.2) is 5.78 Å². The van der Waals surface area contributed by atoms with Crippen LogP contribution in [0, 0.1) is 11.6 Å². The van der Waals surface area contributed by atoms with E-state index >= 15 is 0 Å². The lowest BCUT2D eigenvalue weighted by Crippen LogP contribution is -2.05. The number of carbonyl (C=O) groups excluding carboxylic acids is 1. The second-order valence-corrected chi connectivity index (χ2v) is 5.35. The molecule has 2 aromatic rings. The molecule has 0 spiro atoms. The Morgan fingerprint density at radius 1 is 0.944 bits per heavy atom. The van der Waals surface area contributed by atoms with Crippen LogP contribution < -0.4 is 0 Å². The number of hydrogen-bond acceptors (Lipinski definition) is 1. The largest absolute Gasteiger partial charge is 0.288 e. The van der Waals surface area contributed by atoms with Crippen LogP contribution in [0.4, 0.5) is 8.78 Å². The Bertz CT molecular complexity index is 626. The Morgan fingerprint density at radius 2 is 1.67 bits per heavy atom. The molecule has 0 N–H and O–H groups in total. The quantitative estimate of drug-likeness (QED) is 0.694. The molecular weight excluding hydrogens is 370 g/mol. The number of benzene rings is 2. The van der Waals surface area contributed by atoms with E-state index < -0.39 is 17.4 Å². The highest BCUT2D eigenvalue weighted by Crippen LogP contribution is 2.25. The van der Waals surface area contributed by atoms with Crippen molar-refractivity contribution in [2.75, 3.05) is 0 Å². The van der Waals surface area contributed by atoms with Gasteiger partial charge in [-0.05, 0) is 30.3 Å². The van der Waals surface area contributed by atoms with E-state index in [0.29, 0.717) is 20.6 Å². The molecule has 0 aliphatic heterocycles. The van der Waals surface area contributed by atoms with Gasteiger partial charge in [-0.25, -0.2) is 8.78 Å². The molecule has 2 rings (SSSR count). The average Bonchev–Trinajstić information content (AvgIpc) is 2.31. The molecule has 0 saturated heterocycles. The molecule has 2 aromatic carbocycles. The first-order chi connectivity index (χ1) is 8.49. The third kappa shape index (κ3) is 2.67. The zero-order chi connectivity index (χ0) is 13.3. The van der Waals surface area contributed by atoms with Crippen molar-refractivity contribution in [3.05, 3.63) is 68.1 Å². The van der Waals surface area contributed by atoms with Gasteiger partial charge in [0.05, 0.1) is 5.56 Å². The van der Waals surface area contributed by atoms with Crippen LogP contribution in [0.2, 0.25) is 0 Å². The number of ketones is 1. The van der Waals surface area contributed by atoms with Gasteiger partial charge >= 0.3 is 0 Å². The molecule has 0 atom stereocenters. The molecular formula is C13H6Br2F2O. The van der Waals surface area contributed by atoms with Crippen molar-refractivity contribution in [2.45, 2.75) is 0 Å². The zero-order valence-electron chi connectivity index (χ0n) is 8.88.